The first-order valence-corrected chi connectivity index (χ1v) is 48.6. The van der Waals surface area contributed by atoms with Crippen LogP contribution in [0.15, 0.2) is 187 Å². The Labute approximate surface area is 818 Å². The van der Waals surface area contributed by atoms with Crippen molar-refractivity contribution in [1.29, 1.82) is 0 Å². The average Bonchev–Trinajstić information content (AvgIpc) is 1.68. The van der Waals surface area contributed by atoms with Crippen molar-refractivity contribution in [3.8, 4) is 0 Å². The molecule has 3 aromatic heterocycles. The van der Waals surface area contributed by atoms with E-state index in [1.54, 1.807) is 60.7 Å². The van der Waals surface area contributed by atoms with Gasteiger partial charge in [0.05, 0.1) is 91.9 Å². The zero-order chi connectivity index (χ0) is 101. The van der Waals surface area contributed by atoms with Crippen LogP contribution in [0, 0.1) is 0 Å². The molecule has 1 unspecified atom stereocenters. The van der Waals surface area contributed by atoms with E-state index in [9.17, 15) is 98.1 Å². The molecule has 1 saturated heterocycles. The van der Waals surface area contributed by atoms with Gasteiger partial charge < -0.3 is 95.7 Å². The van der Waals surface area contributed by atoms with Crippen LogP contribution in [-0.2, 0) is 118 Å². The molecule has 746 valence electrons. The van der Waals surface area contributed by atoms with Crippen LogP contribution in [0.2, 0.25) is 0 Å². The van der Waals surface area contributed by atoms with E-state index in [0.717, 1.165) is 95.2 Å². The number of Topliss-reactive ketones (excluding diaryl/α,β-unsaturated/α-hetero) is 6. The molecule has 0 radical (unpaired) electrons. The van der Waals surface area contributed by atoms with Crippen molar-refractivity contribution in [2.45, 2.75) is 312 Å². The molecule has 12 atom stereocenters. The van der Waals surface area contributed by atoms with Crippen LogP contribution in [0.1, 0.15) is 229 Å². The second-order valence-electron chi connectivity index (χ2n) is 36.6. The predicted molar refractivity (Wildman–Crippen MR) is 522 cm³/mol. The number of amides is 6. The molecule has 0 spiro atoms. The maximum absolute atomic E-state index is 12.3. The van der Waals surface area contributed by atoms with Gasteiger partial charge in [-0.25, -0.2) is 0 Å². The third kappa shape index (κ3) is 43.6. The number of carbonyl (C=O) groups excluding carboxylic acids is 12. The molecule has 6 amide bonds. The Morgan fingerprint density at radius 3 is 1.32 bits per heavy atom. The number of pyridine rings is 2. The smallest absolute Gasteiger partial charge is 0.426 e. The van der Waals surface area contributed by atoms with E-state index in [0.29, 0.717) is 69.0 Å². The molecule has 2 aromatic carbocycles. The molecule has 139 heavy (non-hydrogen) atoms. The van der Waals surface area contributed by atoms with Crippen molar-refractivity contribution in [3.05, 3.63) is 214 Å². The van der Waals surface area contributed by atoms with Crippen LogP contribution in [0.3, 0.4) is 0 Å². The molecule has 9 heterocycles. The van der Waals surface area contributed by atoms with Crippen LogP contribution in [0.5, 0.6) is 0 Å². The summed E-state index contributed by atoms with van der Waals surface area (Å²) >= 11 is 1.54. The predicted octanol–water partition coefficient (Wildman–Crippen LogP) is 5.20. The van der Waals surface area contributed by atoms with Crippen molar-refractivity contribution >= 4 is 124 Å². The molecule has 0 bridgehead atoms. The minimum Gasteiger partial charge on any atom is -0.426 e. The van der Waals surface area contributed by atoms with E-state index < -0.39 is 102 Å². The van der Waals surface area contributed by atoms with Crippen LogP contribution < -0.4 is 47.1 Å². The van der Waals surface area contributed by atoms with E-state index in [1.807, 2.05) is 96.4 Å². The van der Waals surface area contributed by atoms with Crippen LogP contribution in [0.25, 0.3) is 0 Å². The fourth-order valence-electron chi connectivity index (χ4n) is 17.1. The fourth-order valence-corrected chi connectivity index (χ4v) is 17.8. The molecule has 2 aliphatic carbocycles. The minimum absolute atomic E-state index is 0.00305. The Bertz CT molecular complexity index is 4970. The first kappa shape index (κ1) is 114. The fraction of sp³-hybridized carbons (Fsp3) is 0.505. The summed E-state index contributed by atoms with van der Waals surface area (Å²) in [6.45, 7) is 8.96. The van der Waals surface area contributed by atoms with Crippen molar-refractivity contribution in [2.75, 3.05) is 0 Å². The zero-order valence-electron chi connectivity index (χ0n) is 80.2. The van der Waals surface area contributed by atoms with Crippen LogP contribution >= 0.6 is 11.3 Å². The Morgan fingerprint density at radius 2 is 0.820 bits per heavy atom. The first-order valence-electron chi connectivity index (χ1n) is 47.8. The summed E-state index contributed by atoms with van der Waals surface area (Å²) < 4.78 is 34.9. The Balaban J connectivity index is 0.000000204. The van der Waals surface area contributed by atoms with Gasteiger partial charge in [0.15, 0.2) is 0 Å². The molecule has 6 aliphatic heterocycles. The molecule has 13 rings (SSSR count). The van der Waals surface area contributed by atoms with E-state index >= 15 is 0 Å². The minimum atomic E-state index is -1.20. The lowest BCUT2D eigenvalue weighted by atomic mass is 9.74. The molecular weight excluding hydrogens is 1800 g/mol. The van der Waals surface area contributed by atoms with E-state index in [1.165, 1.54) is 83.5 Å². The van der Waals surface area contributed by atoms with Gasteiger partial charge in [0, 0.05) is 94.7 Å². The number of rotatable bonds is 30. The monoisotopic (exact) mass is 1940 g/mol. The number of carbonyl (C=O) groups is 12. The summed E-state index contributed by atoms with van der Waals surface area (Å²) in [6.07, 6.45) is 33.2. The number of benzene rings is 2. The summed E-state index contributed by atoms with van der Waals surface area (Å²) in [7, 11) is -6.79. The quantitative estimate of drug-likeness (QED) is 0.0122. The van der Waals surface area contributed by atoms with Gasteiger partial charge in [0.1, 0.15) is 41.1 Å². The summed E-state index contributed by atoms with van der Waals surface area (Å²) in [4.78, 5) is 141. The van der Waals surface area contributed by atoms with E-state index in [-0.39, 0.29) is 153 Å². The van der Waals surface area contributed by atoms with Crippen molar-refractivity contribution < 1.29 is 135 Å². The third-order valence-corrected chi connectivity index (χ3v) is 24.8. The zero-order valence-corrected chi connectivity index (χ0v) is 81.0. The number of nitrogens with one attached hydrogen (secondary N) is 6. The van der Waals surface area contributed by atoms with Crippen molar-refractivity contribution in [1.82, 2.24) is 31.9 Å². The average molecular weight is 1940 g/mol. The second kappa shape index (κ2) is 59.9. The van der Waals surface area contributed by atoms with E-state index in [4.69, 9.17) is 33.7 Å². The van der Waals surface area contributed by atoms with Crippen molar-refractivity contribution in [3.63, 3.8) is 0 Å². The van der Waals surface area contributed by atoms with Gasteiger partial charge in [0.25, 0.3) is 0 Å². The molecule has 2 fully saturated rings. The molecule has 35 nitrogen and oxygen atoms in total. The number of nitrogens with two attached hydrogens (primary N) is 1. The summed E-state index contributed by atoms with van der Waals surface area (Å²) in [6, 6.07) is 31.1. The normalized spacial score (nSPS) is 23.0. The number of thiophene rings is 1. The van der Waals surface area contributed by atoms with Gasteiger partial charge in [-0.15, -0.1) is 11.3 Å². The highest BCUT2D eigenvalue weighted by Gasteiger charge is 2.42. The summed E-state index contributed by atoms with van der Waals surface area (Å²) in [5.74, 6) is -4.26. The lowest BCUT2D eigenvalue weighted by Crippen LogP contribution is -2.52. The molecule has 1 saturated carbocycles. The number of nitrogens with zero attached hydrogens (tertiary/aromatic N) is 2. The Kier molecular flexibility index (Phi) is 49.0. The second-order valence-corrected chi connectivity index (χ2v) is 37.6. The maximum atomic E-state index is 12.3. The van der Waals surface area contributed by atoms with E-state index in [2.05, 4.69) is 31.9 Å². The Hall–Kier alpha value is -10.6. The summed E-state index contributed by atoms with van der Waals surface area (Å²) in [5, 5.41) is 98.7. The number of hydrogen-bond donors (Lipinski definition) is 15. The number of hydrogen-bond acceptors (Lipinski definition) is 28. The third-order valence-electron chi connectivity index (χ3n) is 23.9. The number of ketones is 6. The van der Waals surface area contributed by atoms with Gasteiger partial charge >= 0.3 is 42.7 Å². The standard InChI is InChI=1S/C17H22BNO4S.C17H24BNO4.C17H22BNO4.C16H27BN2O4.2C15H19BN2O5/c1-11(20)8-15-14-6-2-4-12(14)9-16(18(22)23-15)19-17(21)10-13-5-3-7-24-13;2*1-13(20)11-15-9-5-6-10-16(18(22)23-15)19-17(21)12-14-7-3-2-4-8-14;1-12(20)10-13-6-5-7-14(17(22)23-13)19-15(21)11-16(18)8-3-2-4-9-16;1-11(19)8-13-5-2-6-14(16(21)23-13)17-15(20)9-12-4-3-7-18(22)10-12;1-11(19)9-13-6-4-7-14(16(21)23-13)17-15(20)10-12-5-2-3-8-18(12)22/h3,5,7,15-16,22H,2,4,6,8-10H2,1H3,(H,19,21);2-4,7-8,15-16,22H,5-6,9-12H2,1H3,(H,19,21);2-8,15-16,22H,9-12H2,1H3,(H,19,21);5-6,13-14,22H,2-4,7-11,18H2,1H3,(H,19,21);2-5,7,10,13-14,21H,6,8-9H2,1H3,(H-,17,20,22);2-6,8,13-14,21H,7,9-10H2,1H3,(H-,17,20,22)/p+2/b;;6-5-;;;/t15?,16-;2*15-,16-;3*13-,14+/m000111/s1. The molecule has 5 aromatic rings. The largest absolute Gasteiger partial charge is 0.478 e. The SMILES string of the molecule is CC(=O)CC1OB(O)[C@@H](NC(=O)Cc2cccs2)CC2=C1CCC2.CC(=O)C[C@@H]1C/C=C\C[C@H](NC(=O)Cc2ccccc2)B(O)O1.CC(=O)C[C@@H]1CCCC[C@H](NC(=O)Cc2ccccc2)B(O)O1.CC(=O)C[C@H]1C=CC[C@H](NC(=O)CC2(N)CCCCC2)B(O)O1.CC(=O)C[C@H]1C=CC[C@H](NC(=O)Cc2ccc[n+](O)c2)B(O)O1.CC(=O)C[C@H]1C=CC[C@H](NC(=O)Cc2cccc[n+]2O)B(O)O1. The molecule has 16 N–H and O–H groups in total. The van der Waals surface area contributed by atoms with Gasteiger partial charge in [-0.3, -0.25) is 67.9 Å². The molecule has 42 heteroatoms. The van der Waals surface area contributed by atoms with Gasteiger partial charge in [-0.2, -0.15) is 0 Å². The first-order chi connectivity index (χ1) is 66.4. The molecule has 8 aliphatic rings. The lowest BCUT2D eigenvalue weighted by molar-refractivity contribution is -0.909. The molecular formula is C97H135B6N9O26S+2. The van der Waals surface area contributed by atoms with Crippen LogP contribution in [-0.4, -0.2) is 231 Å². The van der Waals surface area contributed by atoms with Gasteiger partial charge in [-0.05, 0) is 165 Å². The topological polar surface area (TPSA) is 528 Å². The Morgan fingerprint density at radius 1 is 0.396 bits per heavy atom. The maximum Gasteiger partial charge on any atom is 0.478 e. The van der Waals surface area contributed by atoms with Crippen molar-refractivity contribution in [2.24, 2.45) is 5.73 Å². The number of aromatic nitrogens is 2. The van der Waals surface area contributed by atoms with Gasteiger partial charge in [-0.1, -0.05) is 153 Å². The van der Waals surface area contributed by atoms with Crippen LogP contribution in [0.4, 0.5) is 0 Å². The highest BCUT2D eigenvalue weighted by molar-refractivity contribution is 7.10. The highest BCUT2D eigenvalue weighted by atomic mass is 32.1. The summed E-state index contributed by atoms with van der Waals surface area (Å²) in [5.41, 5.74) is 11.2. The van der Waals surface area contributed by atoms with Gasteiger partial charge in [0.2, 0.25) is 59.7 Å². The lowest BCUT2D eigenvalue weighted by Gasteiger charge is -2.33. The highest BCUT2D eigenvalue weighted by Crippen LogP contribution is 2.37.